The molecule has 0 unspecified atom stereocenters. The first kappa shape index (κ1) is 12.4. The van der Waals surface area contributed by atoms with Crippen LogP contribution in [0.1, 0.15) is 43.1 Å². The van der Waals surface area contributed by atoms with Gasteiger partial charge in [-0.2, -0.15) is 0 Å². The molecule has 19 heavy (non-hydrogen) atoms. The van der Waals surface area contributed by atoms with Crippen molar-refractivity contribution in [2.75, 3.05) is 11.9 Å². The molecule has 1 amide bonds. The monoisotopic (exact) mass is 260 g/mol. The third kappa shape index (κ3) is 3.03. The molecule has 3 rings (SSSR count). The van der Waals surface area contributed by atoms with E-state index in [-0.39, 0.29) is 5.91 Å². The van der Waals surface area contributed by atoms with Crippen LogP contribution in [0.4, 0.5) is 5.82 Å². The van der Waals surface area contributed by atoms with E-state index < -0.39 is 0 Å². The van der Waals surface area contributed by atoms with Gasteiger partial charge in [0, 0.05) is 12.6 Å². The second-order valence-electron chi connectivity index (χ2n) is 5.49. The van der Waals surface area contributed by atoms with Gasteiger partial charge in [-0.15, -0.1) is 0 Å². The molecule has 0 saturated heterocycles. The van der Waals surface area contributed by atoms with Gasteiger partial charge in [0.05, 0.1) is 12.4 Å². The van der Waals surface area contributed by atoms with Crippen molar-refractivity contribution in [1.82, 2.24) is 15.3 Å². The first-order valence-electron chi connectivity index (χ1n) is 7.14. The van der Waals surface area contributed by atoms with Crippen molar-refractivity contribution in [3.05, 3.63) is 18.1 Å². The zero-order valence-corrected chi connectivity index (χ0v) is 11.2. The second kappa shape index (κ2) is 5.15. The maximum atomic E-state index is 12.2. The van der Waals surface area contributed by atoms with E-state index in [9.17, 15) is 4.79 Å². The third-order valence-electron chi connectivity index (χ3n) is 3.78. The van der Waals surface area contributed by atoms with E-state index in [0.29, 0.717) is 29.4 Å². The molecule has 1 heterocycles. The van der Waals surface area contributed by atoms with Crippen LogP contribution in [0.3, 0.4) is 0 Å². The van der Waals surface area contributed by atoms with E-state index in [0.717, 1.165) is 6.54 Å². The second-order valence-corrected chi connectivity index (χ2v) is 5.49. The number of nitrogens with zero attached hydrogens (tertiary/aromatic N) is 2. The highest BCUT2D eigenvalue weighted by molar-refractivity contribution is 5.92. The largest absolute Gasteiger partial charge is 0.369 e. The van der Waals surface area contributed by atoms with Crippen LogP contribution in [0, 0.1) is 11.8 Å². The Labute approximate surface area is 113 Å². The minimum atomic E-state index is -0.0870. The van der Waals surface area contributed by atoms with Gasteiger partial charge in [-0.25, -0.2) is 4.98 Å². The van der Waals surface area contributed by atoms with E-state index >= 15 is 0 Å². The summed E-state index contributed by atoms with van der Waals surface area (Å²) in [6, 6.07) is 0.358. The quantitative estimate of drug-likeness (QED) is 0.819. The van der Waals surface area contributed by atoms with Gasteiger partial charge in [-0.1, -0.05) is 0 Å². The molecule has 5 heteroatoms. The molecular formula is C14H20N4O. The van der Waals surface area contributed by atoms with Gasteiger partial charge in [-0.05, 0) is 44.4 Å². The van der Waals surface area contributed by atoms with Crippen LogP contribution in [0.25, 0.3) is 0 Å². The summed E-state index contributed by atoms with van der Waals surface area (Å²) in [5.41, 5.74) is 0.407. The number of carbonyl (C=O) groups is 1. The lowest BCUT2D eigenvalue weighted by Gasteiger charge is -2.17. The van der Waals surface area contributed by atoms with Gasteiger partial charge >= 0.3 is 0 Å². The van der Waals surface area contributed by atoms with E-state index in [2.05, 4.69) is 20.6 Å². The molecule has 0 aliphatic heterocycles. The molecule has 2 aliphatic rings. The molecule has 5 nitrogen and oxygen atoms in total. The number of amides is 1. The van der Waals surface area contributed by atoms with E-state index in [4.69, 9.17) is 0 Å². The molecule has 2 saturated carbocycles. The van der Waals surface area contributed by atoms with Crippen LogP contribution in [-0.4, -0.2) is 28.5 Å². The molecule has 0 aromatic carbocycles. The lowest BCUT2D eigenvalue weighted by Crippen LogP contribution is -2.38. The van der Waals surface area contributed by atoms with Gasteiger partial charge in [0.15, 0.2) is 0 Å². The lowest BCUT2D eigenvalue weighted by molar-refractivity contribution is 0.0921. The number of carbonyl (C=O) groups excluding carboxylic acids is 1. The maximum absolute atomic E-state index is 12.2. The molecule has 0 bridgehead atoms. The van der Waals surface area contributed by atoms with Crippen molar-refractivity contribution >= 4 is 11.7 Å². The molecule has 1 aromatic heterocycles. The van der Waals surface area contributed by atoms with Crippen LogP contribution in [0.15, 0.2) is 12.4 Å². The van der Waals surface area contributed by atoms with Crippen LogP contribution in [0.5, 0.6) is 0 Å². The van der Waals surface area contributed by atoms with Crippen LogP contribution >= 0.6 is 0 Å². The Morgan fingerprint density at radius 1 is 1.32 bits per heavy atom. The fourth-order valence-corrected chi connectivity index (χ4v) is 2.50. The van der Waals surface area contributed by atoms with Crippen molar-refractivity contribution in [2.45, 2.75) is 38.6 Å². The van der Waals surface area contributed by atoms with Gasteiger partial charge in [-0.3, -0.25) is 9.78 Å². The fourth-order valence-electron chi connectivity index (χ4n) is 2.50. The SMILES string of the molecule is CCNc1cncc(C(=O)NC(C2CC2)C2CC2)n1. The summed E-state index contributed by atoms with van der Waals surface area (Å²) < 4.78 is 0. The zero-order valence-electron chi connectivity index (χ0n) is 11.2. The molecule has 2 fully saturated rings. The van der Waals surface area contributed by atoms with Gasteiger partial charge < -0.3 is 10.6 Å². The molecule has 0 atom stereocenters. The highest BCUT2D eigenvalue weighted by Gasteiger charge is 2.42. The van der Waals surface area contributed by atoms with E-state index in [1.807, 2.05) is 6.92 Å². The maximum Gasteiger partial charge on any atom is 0.271 e. The molecule has 102 valence electrons. The van der Waals surface area contributed by atoms with Crippen molar-refractivity contribution < 1.29 is 4.79 Å². The molecular weight excluding hydrogens is 240 g/mol. The summed E-state index contributed by atoms with van der Waals surface area (Å²) in [6.45, 7) is 2.76. The average Bonchev–Trinajstić information content (AvgIpc) is 3.29. The topological polar surface area (TPSA) is 66.9 Å². The van der Waals surface area contributed by atoms with E-state index in [1.165, 1.54) is 31.9 Å². The van der Waals surface area contributed by atoms with Crippen molar-refractivity contribution in [3.8, 4) is 0 Å². The molecule has 1 aromatic rings. The minimum absolute atomic E-state index is 0.0870. The molecule has 2 N–H and O–H groups in total. The summed E-state index contributed by atoms with van der Waals surface area (Å²) in [6.07, 6.45) is 8.19. The summed E-state index contributed by atoms with van der Waals surface area (Å²) in [5, 5.41) is 6.23. The smallest absolute Gasteiger partial charge is 0.271 e. The van der Waals surface area contributed by atoms with Crippen molar-refractivity contribution in [3.63, 3.8) is 0 Å². The first-order chi connectivity index (χ1) is 9.28. The zero-order chi connectivity index (χ0) is 13.2. The Morgan fingerprint density at radius 3 is 2.58 bits per heavy atom. The summed E-state index contributed by atoms with van der Waals surface area (Å²) in [5.74, 6) is 1.96. The molecule has 0 spiro atoms. The van der Waals surface area contributed by atoms with Crippen molar-refractivity contribution in [1.29, 1.82) is 0 Å². The predicted octanol–water partition coefficient (Wildman–Crippen LogP) is 1.83. The molecule has 2 aliphatic carbocycles. The van der Waals surface area contributed by atoms with Gasteiger partial charge in [0.1, 0.15) is 11.5 Å². The van der Waals surface area contributed by atoms with Crippen LogP contribution in [-0.2, 0) is 0 Å². The van der Waals surface area contributed by atoms with Crippen LogP contribution < -0.4 is 10.6 Å². The number of hydrogen-bond acceptors (Lipinski definition) is 4. The highest BCUT2D eigenvalue weighted by atomic mass is 16.2. The number of aromatic nitrogens is 2. The third-order valence-corrected chi connectivity index (χ3v) is 3.78. The van der Waals surface area contributed by atoms with Crippen molar-refractivity contribution in [2.24, 2.45) is 11.8 Å². The summed E-state index contributed by atoms with van der Waals surface area (Å²) in [7, 11) is 0. The predicted molar refractivity (Wildman–Crippen MR) is 72.9 cm³/mol. The number of anilines is 1. The average molecular weight is 260 g/mol. The Hall–Kier alpha value is -1.65. The Morgan fingerprint density at radius 2 is 2.00 bits per heavy atom. The first-order valence-corrected chi connectivity index (χ1v) is 7.14. The summed E-state index contributed by atoms with van der Waals surface area (Å²) in [4.78, 5) is 20.6. The van der Waals surface area contributed by atoms with E-state index in [1.54, 1.807) is 6.20 Å². The van der Waals surface area contributed by atoms with Gasteiger partial charge in [0.2, 0.25) is 0 Å². The standard InChI is InChI=1S/C14H20N4O/c1-2-16-12-8-15-7-11(17-12)14(19)18-13(9-3-4-9)10-5-6-10/h7-10,13H,2-6H2,1H3,(H,16,17)(H,18,19). The Kier molecular flexibility index (Phi) is 3.36. The highest BCUT2D eigenvalue weighted by Crippen LogP contribution is 2.44. The number of hydrogen-bond donors (Lipinski definition) is 2. The molecule has 0 radical (unpaired) electrons. The number of nitrogens with one attached hydrogen (secondary N) is 2. The van der Waals surface area contributed by atoms with Crippen LogP contribution in [0.2, 0.25) is 0 Å². The lowest BCUT2D eigenvalue weighted by atomic mass is 10.1. The minimum Gasteiger partial charge on any atom is -0.369 e. The Balaban J connectivity index is 1.66. The summed E-state index contributed by atoms with van der Waals surface area (Å²) >= 11 is 0. The Bertz CT molecular complexity index is 456. The fraction of sp³-hybridized carbons (Fsp3) is 0.643. The normalized spacial score (nSPS) is 18.4. The number of rotatable bonds is 6. The van der Waals surface area contributed by atoms with Gasteiger partial charge in [0.25, 0.3) is 5.91 Å².